The molecule has 2 aliphatic rings. The third-order valence-corrected chi connectivity index (χ3v) is 13.4. The van der Waals surface area contributed by atoms with Crippen LogP contribution in [-0.2, 0) is 5.41 Å². The first kappa shape index (κ1) is 32.5. The number of hydrogen-bond acceptors (Lipinski definition) is 0. The van der Waals surface area contributed by atoms with E-state index < -0.39 is 5.41 Å². The minimum absolute atomic E-state index is 0.415. The zero-order valence-electron chi connectivity index (χ0n) is 32.3. The van der Waals surface area contributed by atoms with Gasteiger partial charge in [0.2, 0.25) is 0 Å². The summed E-state index contributed by atoms with van der Waals surface area (Å²) in [6.07, 6.45) is 0. The monoisotopic (exact) mass is 744 g/mol. The van der Waals surface area contributed by atoms with E-state index in [1.165, 1.54) is 121 Å². The van der Waals surface area contributed by atoms with E-state index in [9.17, 15) is 0 Å². The van der Waals surface area contributed by atoms with Crippen LogP contribution in [0, 0.1) is 0 Å². The maximum atomic E-state index is 2.54. The van der Waals surface area contributed by atoms with E-state index in [2.05, 4.69) is 218 Å². The lowest BCUT2D eigenvalue weighted by molar-refractivity contribution is 0.795. The summed E-state index contributed by atoms with van der Waals surface area (Å²) < 4.78 is 0. The fourth-order valence-electron chi connectivity index (χ4n) is 11.0. The number of benzene rings is 11. The molecule has 0 nitrogen and oxygen atoms in total. The van der Waals surface area contributed by atoms with Crippen molar-refractivity contribution in [3.05, 3.63) is 241 Å². The van der Waals surface area contributed by atoms with Crippen LogP contribution in [0.3, 0.4) is 0 Å². The topological polar surface area (TPSA) is 0 Å². The smallest absolute Gasteiger partial charge is 0.0622 e. The minimum atomic E-state index is -0.415. The molecule has 11 aromatic carbocycles. The predicted octanol–water partition coefficient (Wildman–Crippen LogP) is 15.6. The Balaban J connectivity index is 1.08. The molecule has 0 amide bonds. The first-order chi connectivity index (χ1) is 29.3. The van der Waals surface area contributed by atoms with Crippen LogP contribution in [-0.4, -0.2) is 0 Å². The highest BCUT2D eigenvalue weighted by Gasteiger charge is 2.52. The van der Waals surface area contributed by atoms with Gasteiger partial charge < -0.3 is 0 Å². The Labute approximate surface area is 343 Å². The summed E-state index contributed by atoms with van der Waals surface area (Å²) in [4.78, 5) is 0. The molecule has 0 saturated carbocycles. The maximum Gasteiger partial charge on any atom is 0.0725 e. The molecule has 0 bridgehead atoms. The molecule has 1 spiro atoms. The lowest BCUT2D eigenvalue weighted by Crippen LogP contribution is -2.25. The van der Waals surface area contributed by atoms with Crippen molar-refractivity contribution in [2.24, 2.45) is 0 Å². The molecule has 13 rings (SSSR count). The molecule has 59 heavy (non-hydrogen) atoms. The average Bonchev–Trinajstić information content (AvgIpc) is 3.77. The lowest BCUT2D eigenvalue weighted by atomic mass is 9.70. The SMILES string of the molecule is c1ccc(-c2cccc(-c3c4ccccc4c(-c4ccc5cc6c(cc5c4)C4(c5ccccc5-c5ccccc54)c4ccc5ccccc5c4-6)c4ccccc34)c2)cc1. The zero-order chi connectivity index (χ0) is 38.7. The van der Waals surface area contributed by atoms with Gasteiger partial charge in [-0.05, 0) is 145 Å². The molecule has 0 heterocycles. The Morgan fingerprint density at radius 3 is 1.42 bits per heavy atom. The van der Waals surface area contributed by atoms with Gasteiger partial charge in [-0.15, -0.1) is 0 Å². The second-order valence-electron chi connectivity index (χ2n) is 16.3. The Hall–Kier alpha value is -7.54. The quantitative estimate of drug-likeness (QED) is 0.158. The molecule has 0 heteroatoms. The largest absolute Gasteiger partial charge is 0.0725 e. The van der Waals surface area contributed by atoms with Crippen molar-refractivity contribution >= 4 is 43.1 Å². The van der Waals surface area contributed by atoms with E-state index in [0.717, 1.165) is 0 Å². The van der Waals surface area contributed by atoms with Crippen LogP contribution < -0.4 is 0 Å². The summed E-state index contributed by atoms with van der Waals surface area (Å²) in [6, 6.07) is 81.9. The molecular weight excluding hydrogens is 709 g/mol. The molecule has 11 aromatic rings. The second kappa shape index (κ2) is 12.2. The van der Waals surface area contributed by atoms with Gasteiger partial charge in [-0.2, -0.15) is 0 Å². The van der Waals surface area contributed by atoms with Crippen LogP contribution in [0.1, 0.15) is 22.3 Å². The first-order valence-electron chi connectivity index (χ1n) is 20.7. The summed E-state index contributed by atoms with van der Waals surface area (Å²) in [5.74, 6) is 0. The maximum absolute atomic E-state index is 2.54. The highest BCUT2D eigenvalue weighted by atomic mass is 14.5. The Morgan fingerprint density at radius 1 is 0.220 bits per heavy atom. The van der Waals surface area contributed by atoms with Gasteiger partial charge in [0.15, 0.2) is 0 Å². The molecule has 0 aliphatic heterocycles. The van der Waals surface area contributed by atoms with E-state index in [1.54, 1.807) is 0 Å². The fraction of sp³-hybridized carbons (Fsp3) is 0.0169. The standard InChI is InChI=1S/C59H36/c1-2-15-37(16-3-1)39-18-14-19-41(33-39)56-47-23-6-8-25-49(47)57(50-26-9-7-24-48(50)56)42-30-29-40-35-51-55(36-43(40)34-42)59(54-32-31-38-17-4-5-20-44(38)58(51)54)52-27-12-10-21-45(52)46-22-11-13-28-53(46)59/h1-36H. The van der Waals surface area contributed by atoms with Gasteiger partial charge in [-0.3, -0.25) is 0 Å². The molecule has 0 fully saturated rings. The summed E-state index contributed by atoms with van der Waals surface area (Å²) in [7, 11) is 0. The van der Waals surface area contributed by atoms with Gasteiger partial charge in [0.05, 0.1) is 5.41 Å². The van der Waals surface area contributed by atoms with Crippen LogP contribution in [0.4, 0.5) is 0 Å². The molecule has 272 valence electrons. The van der Waals surface area contributed by atoms with Crippen LogP contribution in [0.2, 0.25) is 0 Å². The van der Waals surface area contributed by atoms with E-state index >= 15 is 0 Å². The van der Waals surface area contributed by atoms with Gasteiger partial charge in [-0.25, -0.2) is 0 Å². The Morgan fingerprint density at radius 2 is 0.746 bits per heavy atom. The molecule has 0 N–H and O–H groups in total. The third-order valence-electron chi connectivity index (χ3n) is 13.4. The summed E-state index contributed by atoms with van der Waals surface area (Å²) in [6.45, 7) is 0. The van der Waals surface area contributed by atoms with Crippen molar-refractivity contribution in [2.45, 2.75) is 5.41 Å². The molecule has 0 aromatic heterocycles. The summed E-state index contributed by atoms with van der Waals surface area (Å²) >= 11 is 0. The Bertz CT molecular complexity index is 3450. The van der Waals surface area contributed by atoms with Gasteiger partial charge in [-0.1, -0.05) is 194 Å². The van der Waals surface area contributed by atoms with Crippen molar-refractivity contribution < 1.29 is 0 Å². The number of rotatable bonds is 3. The molecular formula is C59H36. The van der Waals surface area contributed by atoms with Crippen LogP contribution >= 0.6 is 0 Å². The third kappa shape index (κ3) is 4.43. The fourth-order valence-corrected chi connectivity index (χ4v) is 11.0. The average molecular weight is 745 g/mol. The van der Waals surface area contributed by atoms with Crippen molar-refractivity contribution in [1.29, 1.82) is 0 Å². The van der Waals surface area contributed by atoms with E-state index in [4.69, 9.17) is 0 Å². The van der Waals surface area contributed by atoms with Crippen molar-refractivity contribution in [1.82, 2.24) is 0 Å². The highest BCUT2D eigenvalue weighted by Crippen LogP contribution is 2.64. The predicted molar refractivity (Wildman–Crippen MR) is 249 cm³/mol. The molecule has 0 unspecified atom stereocenters. The van der Waals surface area contributed by atoms with Gasteiger partial charge in [0, 0.05) is 0 Å². The second-order valence-corrected chi connectivity index (χ2v) is 16.3. The van der Waals surface area contributed by atoms with Crippen molar-refractivity contribution in [3.8, 4) is 55.6 Å². The normalized spacial score (nSPS) is 13.2. The van der Waals surface area contributed by atoms with Gasteiger partial charge in [0.25, 0.3) is 0 Å². The molecule has 0 saturated heterocycles. The highest BCUT2D eigenvalue weighted by molar-refractivity contribution is 6.22. The summed E-state index contributed by atoms with van der Waals surface area (Å²) in [5, 5.41) is 10.2. The van der Waals surface area contributed by atoms with E-state index in [1.807, 2.05) is 0 Å². The van der Waals surface area contributed by atoms with Crippen molar-refractivity contribution in [3.63, 3.8) is 0 Å². The van der Waals surface area contributed by atoms with Crippen molar-refractivity contribution in [2.75, 3.05) is 0 Å². The van der Waals surface area contributed by atoms with Gasteiger partial charge >= 0.3 is 0 Å². The van der Waals surface area contributed by atoms with Crippen LogP contribution in [0.5, 0.6) is 0 Å². The molecule has 2 aliphatic carbocycles. The van der Waals surface area contributed by atoms with E-state index in [-0.39, 0.29) is 0 Å². The Kier molecular flexibility index (Phi) is 6.74. The first-order valence-corrected chi connectivity index (χ1v) is 20.7. The van der Waals surface area contributed by atoms with Crippen LogP contribution in [0.25, 0.3) is 98.7 Å². The number of hydrogen-bond donors (Lipinski definition) is 0. The summed E-state index contributed by atoms with van der Waals surface area (Å²) in [5.41, 5.74) is 17.9. The van der Waals surface area contributed by atoms with E-state index in [0.29, 0.717) is 0 Å². The lowest BCUT2D eigenvalue weighted by Gasteiger charge is -2.30. The molecule has 0 radical (unpaired) electrons. The van der Waals surface area contributed by atoms with Gasteiger partial charge in [0.1, 0.15) is 0 Å². The zero-order valence-corrected chi connectivity index (χ0v) is 32.3. The van der Waals surface area contributed by atoms with Crippen LogP contribution in [0.15, 0.2) is 218 Å². The minimum Gasteiger partial charge on any atom is -0.0622 e. The number of fused-ring (bicyclic) bond motifs is 15. The molecule has 0 atom stereocenters.